The first-order chi connectivity index (χ1) is 9.04. The second kappa shape index (κ2) is 5.49. The Balaban J connectivity index is 2.37. The van der Waals surface area contributed by atoms with Crippen molar-refractivity contribution in [3.05, 3.63) is 29.3 Å². The zero-order valence-electron chi connectivity index (χ0n) is 12.3. The summed E-state index contributed by atoms with van der Waals surface area (Å²) in [6, 6.07) is 6.63. The smallest absolute Gasteiger partial charge is 0.121 e. The summed E-state index contributed by atoms with van der Waals surface area (Å²) in [5.74, 6) is 0.924. The number of aryl methyl sites for hydroxylation is 1. The third kappa shape index (κ3) is 2.48. The van der Waals surface area contributed by atoms with Crippen molar-refractivity contribution < 1.29 is 9.47 Å². The molecule has 2 N–H and O–H groups in total. The molecule has 1 heterocycles. The molecule has 1 fully saturated rings. The van der Waals surface area contributed by atoms with Gasteiger partial charge in [-0.2, -0.15) is 0 Å². The zero-order chi connectivity index (χ0) is 14.0. The first kappa shape index (κ1) is 14.3. The fourth-order valence-corrected chi connectivity index (χ4v) is 3.02. The van der Waals surface area contributed by atoms with Crippen LogP contribution >= 0.6 is 0 Å². The van der Waals surface area contributed by atoms with E-state index in [1.807, 2.05) is 6.07 Å². The molecule has 19 heavy (non-hydrogen) atoms. The van der Waals surface area contributed by atoms with Crippen LogP contribution < -0.4 is 10.5 Å². The average Bonchev–Trinajstić information content (AvgIpc) is 2.33. The van der Waals surface area contributed by atoms with E-state index in [1.54, 1.807) is 7.11 Å². The highest BCUT2D eigenvalue weighted by Crippen LogP contribution is 2.43. The van der Waals surface area contributed by atoms with Gasteiger partial charge < -0.3 is 20.1 Å². The van der Waals surface area contributed by atoms with Crippen LogP contribution in [0.2, 0.25) is 0 Å². The minimum atomic E-state index is 0.0323. The van der Waals surface area contributed by atoms with Gasteiger partial charge in [0.2, 0.25) is 0 Å². The molecule has 1 aromatic rings. The predicted octanol–water partition coefficient (Wildman–Crippen LogP) is 1.58. The number of hydrogen-bond donors (Lipinski definition) is 1. The van der Waals surface area contributed by atoms with Gasteiger partial charge in [0.1, 0.15) is 5.75 Å². The Labute approximate surface area is 115 Å². The van der Waals surface area contributed by atoms with Crippen molar-refractivity contribution in [2.24, 2.45) is 11.1 Å². The largest absolute Gasteiger partial charge is 0.496 e. The minimum Gasteiger partial charge on any atom is -0.496 e. The molecule has 0 aliphatic carbocycles. The molecule has 1 saturated heterocycles. The normalized spacial score (nSPS) is 19.1. The van der Waals surface area contributed by atoms with Gasteiger partial charge in [-0.3, -0.25) is 0 Å². The molecule has 0 spiro atoms. The van der Waals surface area contributed by atoms with Gasteiger partial charge in [0.05, 0.1) is 20.3 Å². The van der Waals surface area contributed by atoms with Crippen LogP contribution in [0.15, 0.2) is 18.2 Å². The third-order valence-electron chi connectivity index (χ3n) is 4.02. The van der Waals surface area contributed by atoms with Crippen LogP contribution in [0.25, 0.3) is 0 Å². The van der Waals surface area contributed by atoms with Gasteiger partial charge in [-0.15, -0.1) is 0 Å². The van der Waals surface area contributed by atoms with Crippen LogP contribution in [0, 0.1) is 12.3 Å². The molecular weight excluding hydrogens is 240 g/mol. The van der Waals surface area contributed by atoms with Crippen LogP contribution in [-0.4, -0.2) is 45.9 Å². The first-order valence-corrected chi connectivity index (χ1v) is 6.63. The molecular formula is C15H24N2O2. The second-order valence-corrected chi connectivity index (χ2v) is 5.65. The Hall–Kier alpha value is -1.10. The first-order valence-electron chi connectivity index (χ1n) is 6.63. The molecule has 1 aliphatic heterocycles. The number of nitrogens with zero attached hydrogens (tertiary/aromatic N) is 1. The fraction of sp³-hybridized carbons (Fsp3) is 0.600. The highest BCUT2D eigenvalue weighted by Gasteiger charge is 2.46. The van der Waals surface area contributed by atoms with Crippen molar-refractivity contribution >= 4 is 0 Å². The van der Waals surface area contributed by atoms with Crippen LogP contribution in [0.3, 0.4) is 0 Å². The van der Waals surface area contributed by atoms with E-state index in [4.69, 9.17) is 15.2 Å². The monoisotopic (exact) mass is 264 g/mol. The van der Waals surface area contributed by atoms with Gasteiger partial charge in [0, 0.05) is 18.0 Å². The van der Waals surface area contributed by atoms with Crippen molar-refractivity contribution in [2.75, 3.05) is 41.0 Å². The molecule has 4 heteroatoms. The lowest BCUT2D eigenvalue weighted by molar-refractivity contribution is -0.145. The number of ether oxygens (including phenoxy) is 2. The van der Waals surface area contributed by atoms with Crippen LogP contribution in [0.4, 0.5) is 0 Å². The molecule has 4 nitrogen and oxygen atoms in total. The zero-order valence-corrected chi connectivity index (χ0v) is 12.3. The highest BCUT2D eigenvalue weighted by molar-refractivity contribution is 5.38. The summed E-state index contributed by atoms with van der Waals surface area (Å²) in [5.41, 5.74) is 8.47. The van der Waals surface area contributed by atoms with Crippen molar-refractivity contribution in [1.29, 1.82) is 0 Å². The topological polar surface area (TPSA) is 47.7 Å². The van der Waals surface area contributed by atoms with Gasteiger partial charge in [0.15, 0.2) is 0 Å². The molecule has 0 aromatic heterocycles. The minimum absolute atomic E-state index is 0.0323. The average molecular weight is 264 g/mol. The maximum atomic E-state index is 6.01. The summed E-state index contributed by atoms with van der Waals surface area (Å²) in [6.45, 7) is 4.18. The van der Waals surface area contributed by atoms with E-state index in [1.165, 1.54) is 5.56 Å². The highest BCUT2D eigenvalue weighted by atomic mass is 16.5. The molecule has 1 aliphatic rings. The third-order valence-corrected chi connectivity index (χ3v) is 4.02. The number of nitrogens with two attached hydrogens (primary N) is 1. The van der Waals surface area contributed by atoms with Crippen molar-refractivity contribution in [3.8, 4) is 5.75 Å². The lowest BCUT2D eigenvalue weighted by Crippen LogP contribution is -2.55. The summed E-state index contributed by atoms with van der Waals surface area (Å²) < 4.78 is 10.8. The summed E-state index contributed by atoms with van der Waals surface area (Å²) in [7, 11) is 5.90. The van der Waals surface area contributed by atoms with Gasteiger partial charge in [-0.25, -0.2) is 0 Å². The van der Waals surface area contributed by atoms with Crippen molar-refractivity contribution in [3.63, 3.8) is 0 Å². The molecule has 1 aromatic carbocycles. The van der Waals surface area contributed by atoms with E-state index < -0.39 is 0 Å². The Morgan fingerprint density at radius 3 is 2.47 bits per heavy atom. The molecule has 1 atom stereocenters. The Morgan fingerprint density at radius 2 is 2.11 bits per heavy atom. The van der Waals surface area contributed by atoms with E-state index in [2.05, 4.69) is 38.1 Å². The number of hydrogen-bond acceptors (Lipinski definition) is 4. The Morgan fingerprint density at radius 1 is 1.42 bits per heavy atom. The van der Waals surface area contributed by atoms with Crippen LogP contribution in [0.5, 0.6) is 5.75 Å². The molecule has 0 radical (unpaired) electrons. The van der Waals surface area contributed by atoms with Crippen molar-refractivity contribution in [2.45, 2.75) is 13.0 Å². The summed E-state index contributed by atoms with van der Waals surface area (Å²) >= 11 is 0. The molecule has 0 saturated carbocycles. The fourth-order valence-electron chi connectivity index (χ4n) is 3.02. The lowest BCUT2D eigenvalue weighted by atomic mass is 9.74. The molecule has 0 amide bonds. The summed E-state index contributed by atoms with van der Waals surface area (Å²) in [4.78, 5) is 2.23. The number of benzene rings is 1. The summed E-state index contributed by atoms with van der Waals surface area (Å²) in [5, 5.41) is 0. The van der Waals surface area contributed by atoms with Gasteiger partial charge in [-0.1, -0.05) is 12.1 Å². The maximum absolute atomic E-state index is 6.01. The number of rotatable bonds is 5. The SMILES string of the molecule is COc1ccc(C(N(C)C)C2(CN)COC2)cc1C. The Kier molecular flexibility index (Phi) is 4.13. The van der Waals surface area contributed by atoms with Crippen LogP contribution in [0.1, 0.15) is 17.2 Å². The van der Waals surface area contributed by atoms with Gasteiger partial charge in [0.25, 0.3) is 0 Å². The lowest BCUT2D eigenvalue weighted by Gasteiger charge is -2.49. The summed E-state index contributed by atoms with van der Waals surface area (Å²) in [6.07, 6.45) is 0. The van der Waals surface area contributed by atoms with E-state index in [0.29, 0.717) is 6.54 Å². The van der Waals surface area contributed by atoms with E-state index in [0.717, 1.165) is 24.5 Å². The molecule has 0 bridgehead atoms. The standard InChI is InChI=1S/C15H24N2O2/c1-11-7-12(5-6-13(11)18-4)14(17(2)3)15(8-16)9-19-10-15/h5-7,14H,8-10,16H2,1-4H3. The van der Waals surface area contributed by atoms with E-state index >= 15 is 0 Å². The van der Waals surface area contributed by atoms with Gasteiger partial charge in [-0.05, 0) is 38.2 Å². The van der Waals surface area contributed by atoms with Crippen LogP contribution in [-0.2, 0) is 4.74 Å². The van der Waals surface area contributed by atoms with E-state index in [-0.39, 0.29) is 11.5 Å². The quantitative estimate of drug-likeness (QED) is 0.877. The van der Waals surface area contributed by atoms with E-state index in [9.17, 15) is 0 Å². The van der Waals surface area contributed by atoms with Gasteiger partial charge >= 0.3 is 0 Å². The second-order valence-electron chi connectivity index (χ2n) is 5.65. The Bertz CT molecular complexity index is 436. The number of methoxy groups -OCH3 is 1. The molecule has 106 valence electrons. The predicted molar refractivity (Wildman–Crippen MR) is 76.5 cm³/mol. The maximum Gasteiger partial charge on any atom is 0.121 e. The molecule has 2 rings (SSSR count). The van der Waals surface area contributed by atoms with Crippen molar-refractivity contribution in [1.82, 2.24) is 4.90 Å². The molecule has 1 unspecified atom stereocenters.